The summed E-state index contributed by atoms with van der Waals surface area (Å²) in [5.74, 6) is 0.850. The third-order valence-corrected chi connectivity index (χ3v) is 5.84. The average Bonchev–Trinajstić information content (AvgIpc) is 3.27. The first kappa shape index (κ1) is 22.7. The van der Waals surface area contributed by atoms with Gasteiger partial charge in [0.1, 0.15) is 11.6 Å². The second kappa shape index (κ2) is 9.55. The van der Waals surface area contributed by atoms with Crippen molar-refractivity contribution in [1.82, 2.24) is 9.55 Å². The molecular formula is C26H24N4O4. The second-order valence-corrected chi connectivity index (χ2v) is 7.71. The number of pyridine rings is 1. The van der Waals surface area contributed by atoms with Crippen molar-refractivity contribution in [1.29, 1.82) is 5.26 Å². The minimum atomic E-state index is -0.527. The van der Waals surface area contributed by atoms with Crippen LogP contribution in [0.15, 0.2) is 58.4 Å². The molecule has 2 aromatic heterocycles. The molecule has 34 heavy (non-hydrogen) atoms. The van der Waals surface area contributed by atoms with Crippen molar-refractivity contribution in [2.45, 2.75) is 19.9 Å². The standard InChI is InChI=1S/C26H24N4O4/c1-16-20(13-27)25(31)30(11-10-17-14-29-22-7-5-4-6-19(17)22)26(32)21(16)15-28-18-8-9-23(33-2)24(12-18)34-3/h4-9,12,14-15,29,32H,10-11H2,1-3H3. The zero-order valence-electron chi connectivity index (χ0n) is 19.1. The Labute approximate surface area is 196 Å². The smallest absolute Gasteiger partial charge is 0.271 e. The molecule has 0 amide bonds. The quantitative estimate of drug-likeness (QED) is 0.404. The number of rotatable bonds is 7. The Hall–Kier alpha value is -4.51. The van der Waals surface area contributed by atoms with E-state index < -0.39 is 5.56 Å². The van der Waals surface area contributed by atoms with Crippen LogP contribution in [0.2, 0.25) is 0 Å². The van der Waals surface area contributed by atoms with E-state index in [4.69, 9.17) is 9.47 Å². The summed E-state index contributed by atoms with van der Waals surface area (Å²) in [7, 11) is 3.08. The van der Waals surface area contributed by atoms with Gasteiger partial charge in [-0.3, -0.25) is 14.4 Å². The van der Waals surface area contributed by atoms with E-state index >= 15 is 0 Å². The number of aryl methyl sites for hydroxylation is 1. The topological polar surface area (TPSA) is 113 Å². The van der Waals surface area contributed by atoms with Gasteiger partial charge >= 0.3 is 0 Å². The third kappa shape index (κ3) is 4.11. The number of aromatic hydroxyl groups is 1. The SMILES string of the molecule is COc1ccc(N=Cc2c(C)c(C#N)c(=O)n(CCc3c[nH]c4ccccc34)c2O)cc1OC. The maximum atomic E-state index is 12.9. The third-order valence-electron chi connectivity index (χ3n) is 5.84. The van der Waals surface area contributed by atoms with Crippen LogP contribution in [0, 0.1) is 18.3 Å². The van der Waals surface area contributed by atoms with Crippen molar-refractivity contribution in [3.05, 3.63) is 81.3 Å². The van der Waals surface area contributed by atoms with E-state index in [1.165, 1.54) is 17.9 Å². The molecule has 0 unspecified atom stereocenters. The van der Waals surface area contributed by atoms with Gasteiger partial charge in [0.2, 0.25) is 5.88 Å². The fourth-order valence-corrected chi connectivity index (χ4v) is 3.95. The highest BCUT2D eigenvalue weighted by molar-refractivity contribution is 5.87. The van der Waals surface area contributed by atoms with Crippen LogP contribution in [-0.2, 0) is 13.0 Å². The van der Waals surface area contributed by atoms with Crippen LogP contribution in [0.25, 0.3) is 10.9 Å². The average molecular weight is 457 g/mol. The summed E-state index contributed by atoms with van der Waals surface area (Å²) in [6.45, 7) is 1.83. The zero-order chi connectivity index (χ0) is 24.2. The van der Waals surface area contributed by atoms with Crippen molar-refractivity contribution in [3.63, 3.8) is 0 Å². The summed E-state index contributed by atoms with van der Waals surface area (Å²) in [6.07, 6.45) is 3.84. The molecule has 4 aromatic rings. The highest BCUT2D eigenvalue weighted by Gasteiger charge is 2.18. The lowest BCUT2D eigenvalue weighted by molar-refractivity contribution is 0.355. The van der Waals surface area contributed by atoms with Crippen LogP contribution in [0.4, 0.5) is 5.69 Å². The number of nitriles is 1. The van der Waals surface area contributed by atoms with Gasteiger partial charge < -0.3 is 19.6 Å². The molecule has 172 valence electrons. The van der Waals surface area contributed by atoms with Gasteiger partial charge in [-0.05, 0) is 42.7 Å². The Morgan fingerprint density at radius 2 is 1.94 bits per heavy atom. The van der Waals surface area contributed by atoms with Crippen molar-refractivity contribution in [3.8, 4) is 23.4 Å². The molecule has 2 aromatic carbocycles. The number of H-pyrrole nitrogens is 1. The van der Waals surface area contributed by atoms with Gasteiger partial charge in [-0.2, -0.15) is 5.26 Å². The minimum absolute atomic E-state index is 0.0227. The predicted octanol–water partition coefficient (Wildman–Crippen LogP) is 4.23. The van der Waals surface area contributed by atoms with Gasteiger partial charge in [0.15, 0.2) is 11.5 Å². The number of hydrogen-bond donors (Lipinski definition) is 2. The van der Waals surface area contributed by atoms with Crippen molar-refractivity contribution >= 4 is 22.8 Å². The summed E-state index contributed by atoms with van der Waals surface area (Å²) in [6, 6.07) is 15.0. The number of aromatic amines is 1. The number of aliphatic imine (C=N–C) groups is 1. The molecule has 0 aliphatic heterocycles. The lowest BCUT2D eigenvalue weighted by Crippen LogP contribution is -2.26. The molecule has 2 heterocycles. The van der Waals surface area contributed by atoms with E-state index in [2.05, 4.69) is 9.98 Å². The van der Waals surface area contributed by atoms with Crippen molar-refractivity contribution in [2.24, 2.45) is 4.99 Å². The molecule has 0 bridgehead atoms. The molecule has 0 saturated carbocycles. The second-order valence-electron chi connectivity index (χ2n) is 7.71. The number of aromatic nitrogens is 2. The summed E-state index contributed by atoms with van der Waals surface area (Å²) >= 11 is 0. The van der Waals surface area contributed by atoms with Gasteiger partial charge in [-0.15, -0.1) is 0 Å². The summed E-state index contributed by atoms with van der Waals surface area (Å²) in [5, 5.41) is 21.7. The first-order valence-corrected chi connectivity index (χ1v) is 10.7. The Morgan fingerprint density at radius 3 is 2.68 bits per heavy atom. The maximum absolute atomic E-state index is 12.9. The first-order valence-electron chi connectivity index (χ1n) is 10.7. The minimum Gasteiger partial charge on any atom is -0.494 e. The van der Waals surface area contributed by atoms with E-state index in [-0.39, 0.29) is 18.0 Å². The van der Waals surface area contributed by atoms with Gasteiger partial charge in [0.05, 0.1) is 25.5 Å². The van der Waals surface area contributed by atoms with Gasteiger partial charge in [0.25, 0.3) is 5.56 Å². The molecule has 0 atom stereocenters. The van der Waals surface area contributed by atoms with Crippen LogP contribution in [0.1, 0.15) is 22.3 Å². The predicted molar refractivity (Wildman–Crippen MR) is 131 cm³/mol. The number of para-hydroxylation sites is 1. The number of nitrogens with zero attached hydrogens (tertiary/aromatic N) is 3. The number of benzene rings is 2. The van der Waals surface area contributed by atoms with Crippen LogP contribution in [0.5, 0.6) is 17.4 Å². The summed E-state index contributed by atoms with van der Waals surface area (Å²) in [5.41, 5.74) is 2.71. The fraction of sp³-hybridized carbons (Fsp3) is 0.192. The van der Waals surface area contributed by atoms with E-state index in [1.54, 1.807) is 32.2 Å². The lowest BCUT2D eigenvalue weighted by atomic mass is 10.1. The monoisotopic (exact) mass is 456 g/mol. The summed E-state index contributed by atoms with van der Waals surface area (Å²) in [4.78, 5) is 20.6. The number of methoxy groups -OCH3 is 2. The molecule has 8 heteroatoms. The first-order chi connectivity index (χ1) is 16.5. The van der Waals surface area contributed by atoms with Crippen molar-refractivity contribution in [2.75, 3.05) is 14.2 Å². The number of ether oxygens (including phenoxy) is 2. The molecule has 2 N–H and O–H groups in total. The van der Waals surface area contributed by atoms with Gasteiger partial charge in [-0.1, -0.05) is 18.2 Å². The molecule has 8 nitrogen and oxygen atoms in total. The molecule has 0 radical (unpaired) electrons. The molecule has 0 fully saturated rings. The Kier molecular flexibility index (Phi) is 6.37. The number of nitrogens with one attached hydrogen (secondary N) is 1. The molecule has 4 rings (SSSR count). The van der Waals surface area contributed by atoms with E-state index in [0.29, 0.717) is 34.7 Å². The van der Waals surface area contributed by atoms with Gasteiger partial charge in [0, 0.05) is 35.9 Å². The number of hydrogen-bond acceptors (Lipinski definition) is 6. The highest BCUT2D eigenvalue weighted by atomic mass is 16.5. The van der Waals surface area contributed by atoms with Crippen LogP contribution < -0.4 is 15.0 Å². The molecule has 0 aliphatic rings. The molecule has 0 spiro atoms. The Morgan fingerprint density at radius 1 is 1.18 bits per heavy atom. The number of fused-ring (bicyclic) bond motifs is 1. The Bertz CT molecular complexity index is 1490. The van der Waals surface area contributed by atoms with Crippen molar-refractivity contribution < 1.29 is 14.6 Å². The van der Waals surface area contributed by atoms with E-state index in [1.807, 2.05) is 36.5 Å². The molecule has 0 saturated heterocycles. The summed E-state index contributed by atoms with van der Waals surface area (Å²) < 4.78 is 11.8. The van der Waals surface area contributed by atoms with Crippen LogP contribution in [0.3, 0.4) is 0 Å². The lowest BCUT2D eigenvalue weighted by Gasteiger charge is -2.14. The zero-order valence-corrected chi connectivity index (χ0v) is 19.1. The largest absolute Gasteiger partial charge is 0.494 e. The fourth-order valence-electron chi connectivity index (χ4n) is 3.95. The van der Waals surface area contributed by atoms with E-state index in [9.17, 15) is 15.2 Å². The van der Waals surface area contributed by atoms with E-state index in [0.717, 1.165) is 16.5 Å². The maximum Gasteiger partial charge on any atom is 0.271 e. The van der Waals surface area contributed by atoms with Gasteiger partial charge in [-0.25, -0.2) is 0 Å². The van der Waals surface area contributed by atoms with Crippen LogP contribution in [-0.4, -0.2) is 35.1 Å². The normalized spacial score (nSPS) is 11.1. The molecular weight excluding hydrogens is 432 g/mol. The highest BCUT2D eigenvalue weighted by Crippen LogP contribution is 2.31. The molecule has 0 aliphatic carbocycles. The Balaban J connectivity index is 1.71. The van der Waals surface area contributed by atoms with Crippen LogP contribution >= 0.6 is 0 Å².